The van der Waals surface area contributed by atoms with E-state index in [0.717, 1.165) is 17.8 Å². The smallest absolute Gasteiger partial charge is 0.233 e. The maximum Gasteiger partial charge on any atom is 0.233 e. The molecule has 1 aliphatic rings. The van der Waals surface area contributed by atoms with Crippen molar-refractivity contribution in [1.29, 1.82) is 0 Å². The first-order chi connectivity index (χ1) is 12.3. The Bertz CT molecular complexity index is 878. The highest BCUT2D eigenvalue weighted by Gasteiger charge is 2.32. The molecule has 2 aromatic rings. The van der Waals surface area contributed by atoms with Gasteiger partial charge in [0.05, 0.1) is 23.0 Å². The Labute approximate surface area is 158 Å². The summed E-state index contributed by atoms with van der Waals surface area (Å²) in [5, 5.41) is 0.717. The fourth-order valence-electron chi connectivity index (χ4n) is 3.01. The Balaban J connectivity index is 1.56. The molecule has 1 aliphatic heterocycles. The lowest BCUT2D eigenvalue weighted by atomic mass is 10.1. The molecule has 0 radical (unpaired) electrons. The monoisotopic (exact) mass is 393 g/mol. The predicted octanol–water partition coefficient (Wildman–Crippen LogP) is 2.05. The van der Waals surface area contributed by atoms with E-state index in [4.69, 9.17) is 0 Å². The number of aromatic nitrogens is 2. The molecule has 0 spiro atoms. The van der Waals surface area contributed by atoms with Crippen LogP contribution in [0.15, 0.2) is 35.5 Å². The number of hydrogen-bond acceptors (Lipinski definition) is 5. The number of sulfone groups is 1. The molecule has 8 heteroatoms. The molecule has 0 bridgehead atoms. The summed E-state index contributed by atoms with van der Waals surface area (Å²) in [5.74, 6) is 0.407. The largest absolute Gasteiger partial charge is 0.341 e. The number of hydrogen-bond donors (Lipinski definition) is 1. The minimum Gasteiger partial charge on any atom is -0.341 e. The molecule has 1 amide bonds. The first-order valence-electron chi connectivity index (χ1n) is 8.52. The van der Waals surface area contributed by atoms with Crippen LogP contribution < -0.4 is 0 Å². The number of nitrogens with one attached hydrogen (secondary N) is 1. The quantitative estimate of drug-likeness (QED) is 0.760. The minimum atomic E-state index is -2.99. The summed E-state index contributed by atoms with van der Waals surface area (Å²) in [6.45, 7) is 1.98. The van der Waals surface area contributed by atoms with E-state index in [1.807, 2.05) is 25.1 Å². The second kappa shape index (κ2) is 7.84. The predicted molar refractivity (Wildman–Crippen MR) is 103 cm³/mol. The maximum absolute atomic E-state index is 12.4. The number of aryl methyl sites for hydroxylation is 1. The minimum absolute atomic E-state index is 0.0704. The van der Waals surface area contributed by atoms with Gasteiger partial charge in [0.1, 0.15) is 0 Å². The van der Waals surface area contributed by atoms with E-state index in [9.17, 15) is 13.2 Å². The molecule has 1 saturated heterocycles. The summed E-state index contributed by atoms with van der Waals surface area (Å²) in [5.41, 5.74) is 3.16. The van der Waals surface area contributed by atoms with Crippen molar-refractivity contribution in [3.05, 3.63) is 47.3 Å². The molecule has 0 aliphatic carbocycles. The second-order valence-corrected chi connectivity index (χ2v) is 9.82. The number of imidazole rings is 1. The third-order valence-electron chi connectivity index (χ3n) is 4.66. The lowest BCUT2D eigenvalue weighted by Crippen LogP contribution is -2.38. The standard InChI is InChI=1S/C18H23N3O3S2/c1-13-16(10-14-6-4-3-5-7-14)20-18(19-13)25-11-17(22)21(2)15-8-9-26(23,24)12-15/h3-7,15H,8-12H2,1-2H3,(H,19,20). The van der Waals surface area contributed by atoms with Crippen molar-refractivity contribution in [1.82, 2.24) is 14.9 Å². The highest BCUT2D eigenvalue weighted by atomic mass is 32.2. The van der Waals surface area contributed by atoms with Crippen molar-refractivity contribution in [2.45, 2.75) is 31.0 Å². The summed E-state index contributed by atoms with van der Waals surface area (Å²) in [4.78, 5) is 21.8. The molecule has 1 N–H and O–H groups in total. The van der Waals surface area contributed by atoms with Crippen LogP contribution in [0.3, 0.4) is 0 Å². The van der Waals surface area contributed by atoms with Crippen LogP contribution in [0.5, 0.6) is 0 Å². The van der Waals surface area contributed by atoms with E-state index in [0.29, 0.717) is 11.6 Å². The van der Waals surface area contributed by atoms with Gasteiger partial charge in [0.2, 0.25) is 5.91 Å². The van der Waals surface area contributed by atoms with Crippen molar-refractivity contribution in [3.8, 4) is 0 Å². The van der Waals surface area contributed by atoms with Gasteiger partial charge in [-0.15, -0.1) is 0 Å². The number of carbonyl (C=O) groups is 1. The zero-order valence-electron chi connectivity index (χ0n) is 14.9. The Morgan fingerprint density at radius 3 is 2.73 bits per heavy atom. The summed E-state index contributed by atoms with van der Waals surface area (Å²) in [6.07, 6.45) is 1.27. The van der Waals surface area contributed by atoms with Gasteiger partial charge in [0.15, 0.2) is 15.0 Å². The summed E-state index contributed by atoms with van der Waals surface area (Å²) in [6, 6.07) is 9.92. The van der Waals surface area contributed by atoms with Crippen LogP contribution in [-0.2, 0) is 21.1 Å². The third kappa shape index (κ3) is 4.67. The van der Waals surface area contributed by atoms with Gasteiger partial charge in [0, 0.05) is 25.2 Å². The van der Waals surface area contributed by atoms with Gasteiger partial charge >= 0.3 is 0 Å². The highest BCUT2D eigenvalue weighted by Crippen LogP contribution is 2.21. The van der Waals surface area contributed by atoms with Gasteiger partial charge in [-0.1, -0.05) is 42.1 Å². The van der Waals surface area contributed by atoms with Gasteiger partial charge in [0.25, 0.3) is 0 Å². The summed E-state index contributed by atoms with van der Waals surface area (Å²) < 4.78 is 23.2. The summed E-state index contributed by atoms with van der Waals surface area (Å²) in [7, 11) is -1.31. The molecule has 2 heterocycles. The van der Waals surface area contributed by atoms with E-state index in [1.54, 1.807) is 11.9 Å². The molecule has 0 saturated carbocycles. The lowest BCUT2D eigenvalue weighted by Gasteiger charge is -2.22. The van der Waals surface area contributed by atoms with Crippen LogP contribution in [0, 0.1) is 6.92 Å². The molecule has 6 nitrogen and oxygen atoms in total. The van der Waals surface area contributed by atoms with Crippen LogP contribution in [0.1, 0.15) is 23.4 Å². The Morgan fingerprint density at radius 1 is 1.35 bits per heavy atom. The number of rotatable bonds is 6. The topological polar surface area (TPSA) is 83.1 Å². The van der Waals surface area contributed by atoms with Crippen molar-refractivity contribution < 1.29 is 13.2 Å². The van der Waals surface area contributed by atoms with Crippen molar-refractivity contribution in [2.24, 2.45) is 0 Å². The Hall–Kier alpha value is -1.80. The highest BCUT2D eigenvalue weighted by molar-refractivity contribution is 7.99. The van der Waals surface area contributed by atoms with E-state index in [-0.39, 0.29) is 29.2 Å². The van der Waals surface area contributed by atoms with Gasteiger partial charge in [-0.3, -0.25) is 4.79 Å². The van der Waals surface area contributed by atoms with Crippen LogP contribution in [0.25, 0.3) is 0 Å². The fourth-order valence-corrected chi connectivity index (χ4v) is 5.65. The average Bonchev–Trinajstić information content (AvgIpc) is 3.15. The fraction of sp³-hybridized carbons (Fsp3) is 0.444. The lowest BCUT2D eigenvalue weighted by molar-refractivity contribution is -0.128. The van der Waals surface area contributed by atoms with E-state index >= 15 is 0 Å². The van der Waals surface area contributed by atoms with Crippen LogP contribution in [-0.4, -0.2) is 59.5 Å². The number of amides is 1. The molecule has 1 aromatic heterocycles. The zero-order chi connectivity index (χ0) is 18.7. The molecule has 1 aromatic carbocycles. The third-order valence-corrected chi connectivity index (χ3v) is 7.27. The Morgan fingerprint density at radius 2 is 2.08 bits per heavy atom. The molecule has 3 rings (SSSR count). The molecular weight excluding hydrogens is 370 g/mol. The summed E-state index contributed by atoms with van der Waals surface area (Å²) >= 11 is 1.35. The number of H-pyrrole nitrogens is 1. The van der Waals surface area contributed by atoms with E-state index < -0.39 is 9.84 Å². The Kier molecular flexibility index (Phi) is 5.72. The van der Waals surface area contributed by atoms with Crippen molar-refractivity contribution >= 4 is 27.5 Å². The molecule has 1 fully saturated rings. The first kappa shape index (κ1) is 19.0. The van der Waals surface area contributed by atoms with Crippen LogP contribution in [0.2, 0.25) is 0 Å². The molecule has 1 atom stereocenters. The number of carbonyl (C=O) groups excluding carboxylic acids is 1. The van der Waals surface area contributed by atoms with Gasteiger partial charge in [-0.2, -0.15) is 0 Å². The van der Waals surface area contributed by atoms with Gasteiger partial charge in [-0.05, 0) is 18.9 Å². The van der Waals surface area contributed by atoms with Crippen molar-refractivity contribution in [2.75, 3.05) is 24.3 Å². The molecule has 1 unspecified atom stereocenters. The molecule has 140 valence electrons. The number of benzene rings is 1. The average molecular weight is 394 g/mol. The van der Waals surface area contributed by atoms with Crippen molar-refractivity contribution in [3.63, 3.8) is 0 Å². The SMILES string of the molecule is Cc1[nH]c(SCC(=O)N(C)C2CCS(=O)(=O)C2)nc1Cc1ccccc1. The van der Waals surface area contributed by atoms with Crippen LogP contribution >= 0.6 is 11.8 Å². The maximum atomic E-state index is 12.4. The second-order valence-electron chi connectivity index (χ2n) is 6.63. The van der Waals surface area contributed by atoms with E-state index in [2.05, 4.69) is 22.1 Å². The molecular formula is C18H23N3O3S2. The van der Waals surface area contributed by atoms with E-state index in [1.165, 1.54) is 17.3 Å². The van der Waals surface area contributed by atoms with Crippen LogP contribution in [0.4, 0.5) is 0 Å². The van der Waals surface area contributed by atoms with Gasteiger partial charge in [-0.25, -0.2) is 13.4 Å². The zero-order valence-corrected chi connectivity index (χ0v) is 16.6. The number of aromatic amines is 1. The number of nitrogens with zero attached hydrogens (tertiary/aromatic N) is 2. The molecule has 26 heavy (non-hydrogen) atoms. The first-order valence-corrected chi connectivity index (χ1v) is 11.3. The van der Waals surface area contributed by atoms with Gasteiger partial charge < -0.3 is 9.88 Å². The normalized spacial score (nSPS) is 18.8. The number of thioether (sulfide) groups is 1.